The van der Waals surface area contributed by atoms with E-state index in [9.17, 15) is 14.4 Å². The first-order valence-corrected chi connectivity index (χ1v) is 13.5. The van der Waals surface area contributed by atoms with E-state index in [1.807, 2.05) is 18.2 Å². The van der Waals surface area contributed by atoms with Crippen molar-refractivity contribution in [2.45, 2.75) is 104 Å². The summed E-state index contributed by atoms with van der Waals surface area (Å²) in [6, 6.07) is 5.16. The van der Waals surface area contributed by atoms with Crippen LogP contribution in [0, 0.1) is 0 Å². The molecule has 2 amide bonds. The zero-order valence-electron chi connectivity index (χ0n) is 22.9. The fraction of sp³-hybridized carbons (Fsp3) is 0.567. The van der Waals surface area contributed by atoms with Gasteiger partial charge in [-0.1, -0.05) is 42.7 Å². The zero-order chi connectivity index (χ0) is 27.0. The molecule has 0 bridgehead atoms. The highest BCUT2D eigenvalue weighted by Gasteiger charge is 2.20. The van der Waals surface area contributed by atoms with Gasteiger partial charge in [-0.15, -0.1) is 0 Å². The molecule has 2 atom stereocenters. The van der Waals surface area contributed by atoms with Crippen LogP contribution in [0.5, 0.6) is 5.75 Å². The number of anilines is 1. The molecule has 0 saturated carbocycles. The summed E-state index contributed by atoms with van der Waals surface area (Å²) >= 11 is 0. The number of esters is 1. The summed E-state index contributed by atoms with van der Waals surface area (Å²) in [6.07, 6.45) is 15.5. The molecule has 204 valence electrons. The summed E-state index contributed by atoms with van der Waals surface area (Å²) in [5, 5.41) is 5.69. The van der Waals surface area contributed by atoms with Crippen molar-refractivity contribution >= 4 is 23.5 Å². The molecule has 0 aromatic heterocycles. The Morgan fingerprint density at radius 3 is 2.59 bits per heavy atom. The van der Waals surface area contributed by atoms with E-state index in [1.54, 1.807) is 14.0 Å². The lowest BCUT2D eigenvalue weighted by atomic mass is 10.0. The average molecular weight is 513 g/mol. The number of amides is 2. The molecular weight excluding hydrogens is 468 g/mol. The Morgan fingerprint density at radius 1 is 1.05 bits per heavy atom. The molecule has 1 aliphatic heterocycles. The number of carbonyl (C=O) groups excluding carboxylic acids is 3. The number of hydrogen-bond donors (Lipinski definition) is 2. The SMILES string of the molecule is COc1ccc2c(c1)NC(=O)CCCCCC/C=C/C[C@H](OC(=O)[C@@H](C)NC(C)=O)CC/C(C)=C/CC2. The number of fused-ring (bicyclic) bond motifs is 1. The van der Waals surface area contributed by atoms with Crippen molar-refractivity contribution in [3.63, 3.8) is 0 Å². The van der Waals surface area contributed by atoms with Gasteiger partial charge in [-0.05, 0) is 70.4 Å². The Hall–Kier alpha value is -3.09. The second-order valence-electron chi connectivity index (χ2n) is 9.84. The standard InChI is InChI=1S/C30H44N2O5/c1-22-13-12-14-25-18-20-27(36-4)21-28(25)32-29(34)16-11-9-7-5-6-8-10-15-26(19-17-22)37-30(35)23(2)31-24(3)33/h8,10,13,18,20-21,23,26H,5-7,9,11-12,14-17,19H2,1-4H3,(H,31,33)(H,32,34)/b10-8+,22-13+/t23-,26+/m1/s1. The lowest BCUT2D eigenvalue weighted by Gasteiger charge is -2.20. The summed E-state index contributed by atoms with van der Waals surface area (Å²) in [7, 11) is 1.63. The van der Waals surface area contributed by atoms with Gasteiger partial charge in [0.15, 0.2) is 0 Å². The van der Waals surface area contributed by atoms with Gasteiger partial charge in [-0.2, -0.15) is 0 Å². The van der Waals surface area contributed by atoms with Crippen molar-refractivity contribution in [3.8, 4) is 5.75 Å². The van der Waals surface area contributed by atoms with Crippen LogP contribution in [0.15, 0.2) is 42.0 Å². The number of allylic oxidation sites excluding steroid dienone is 3. The van der Waals surface area contributed by atoms with Crippen molar-refractivity contribution in [1.29, 1.82) is 0 Å². The number of methoxy groups -OCH3 is 1. The van der Waals surface area contributed by atoms with Crippen molar-refractivity contribution in [2.24, 2.45) is 0 Å². The number of carbonyl (C=O) groups is 3. The van der Waals surface area contributed by atoms with Gasteiger partial charge in [0.05, 0.1) is 7.11 Å². The third kappa shape index (κ3) is 12.1. The van der Waals surface area contributed by atoms with Gasteiger partial charge < -0.3 is 20.1 Å². The first-order chi connectivity index (χ1) is 17.8. The van der Waals surface area contributed by atoms with Crippen molar-refractivity contribution in [3.05, 3.63) is 47.6 Å². The van der Waals surface area contributed by atoms with Gasteiger partial charge in [0.25, 0.3) is 0 Å². The Labute approximate surface area is 222 Å². The van der Waals surface area contributed by atoms with E-state index in [1.165, 1.54) is 12.5 Å². The molecule has 37 heavy (non-hydrogen) atoms. The van der Waals surface area contributed by atoms with Gasteiger partial charge in [0.1, 0.15) is 17.9 Å². The molecule has 0 spiro atoms. The number of benzene rings is 1. The monoisotopic (exact) mass is 512 g/mol. The van der Waals surface area contributed by atoms with E-state index >= 15 is 0 Å². The molecule has 2 N–H and O–H groups in total. The first-order valence-electron chi connectivity index (χ1n) is 13.5. The van der Waals surface area contributed by atoms with Crippen LogP contribution in [0.2, 0.25) is 0 Å². The summed E-state index contributed by atoms with van der Waals surface area (Å²) in [6.45, 7) is 5.13. The van der Waals surface area contributed by atoms with Crippen LogP contribution in [0.1, 0.15) is 90.5 Å². The minimum Gasteiger partial charge on any atom is -0.497 e. The minimum absolute atomic E-state index is 0.0453. The molecule has 0 aliphatic carbocycles. The average Bonchev–Trinajstić information content (AvgIpc) is 2.85. The molecule has 0 radical (unpaired) electrons. The molecule has 1 aliphatic rings. The van der Waals surface area contributed by atoms with Crippen LogP contribution < -0.4 is 15.4 Å². The van der Waals surface area contributed by atoms with Crippen molar-refractivity contribution < 1.29 is 23.9 Å². The van der Waals surface area contributed by atoms with Crippen molar-refractivity contribution in [1.82, 2.24) is 5.32 Å². The fourth-order valence-corrected chi connectivity index (χ4v) is 4.32. The summed E-state index contributed by atoms with van der Waals surface area (Å²) < 4.78 is 11.1. The maximum atomic E-state index is 12.5. The van der Waals surface area contributed by atoms with Crippen LogP contribution >= 0.6 is 0 Å². The number of nitrogens with one attached hydrogen (secondary N) is 2. The molecule has 7 heteroatoms. The molecule has 1 heterocycles. The van der Waals surface area contributed by atoms with Crippen LogP contribution in [-0.2, 0) is 25.5 Å². The smallest absolute Gasteiger partial charge is 0.328 e. The molecule has 7 nitrogen and oxygen atoms in total. The predicted molar refractivity (Wildman–Crippen MR) is 148 cm³/mol. The van der Waals surface area contributed by atoms with E-state index in [0.717, 1.165) is 74.8 Å². The summed E-state index contributed by atoms with van der Waals surface area (Å²) in [4.78, 5) is 36.3. The van der Waals surface area contributed by atoms with Crippen LogP contribution in [0.4, 0.5) is 5.69 Å². The Balaban J connectivity index is 2.10. The topological polar surface area (TPSA) is 93.7 Å². The van der Waals surface area contributed by atoms with E-state index in [0.29, 0.717) is 12.8 Å². The normalized spacial score (nSPS) is 21.7. The summed E-state index contributed by atoms with van der Waals surface area (Å²) in [5.41, 5.74) is 3.13. The largest absolute Gasteiger partial charge is 0.497 e. The number of aryl methyl sites for hydroxylation is 1. The maximum absolute atomic E-state index is 12.5. The van der Waals surface area contributed by atoms with E-state index in [4.69, 9.17) is 9.47 Å². The Morgan fingerprint density at radius 2 is 1.84 bits per heavy atom. The fourth-order valence-electron chi connectivity index (χ4n) is 4.32. The highest BCUT2D eigenvalue weighted by molar-refractivity contribution is 5.91. The first kappa shape index (κ1) is 30.1. The molecule has 1 aromatic carbocycles. The summed E-state index contributed by atoms with van der Waals surface area (Å²) in [5.74, 6) is 0.114. The number of hydrogen-bond acceptors (Lipinski definition) is 5. The van der Waals surface area contributed by atoms with Crippen molar-refractivity contribution in [2.75, 3.05) is 12.4 Å². The van der Waals surface area contributed by atoms with Crippen LogP contribution in [0.3, 0.4) is 0 Å². The van der Waals surface area contributed by atoms with Gasteiger partial charge in [-0.3, -0.25) is 9.59 Å². The molecule has 1 aromatic rings. The number of ether oxygens (including phenoxy) is 2. The van der Waals surface area contributed by atoms with E-state index in [-0.39, 0.29) is 17.9 Å². The van der Waals surface area contributed by atoms with E-state index in [2.05, 4.69) is 35.8 Å². The molecule has 0 fully saturated rings. The predicted octanol–water partition coefficient (Wildman–Crippen LogP) is 6.03. The molecular formula is C30H44N2O5. The van der Waals surface area contributed by atoms with E-state index < -0.39 is 12.0 Å². The quantitative estimate of drug-likeness (QED) is 0.379. The van der Waals surface area contributed by atoms with Gasteiger partial charge >= 0.3 is 5.97 Å². The second kappa shape index (κ2) is 16.6. The second-order valence-corrected chi connectivity index (χ2v) is 9.84. The highest BCUT2D eigenvalue weighted by Crippen LogP contribution is 2.25. The van der Waals surface area contributed by atoms with Gasteiger partial charge in [0, 0.05) is 31.5 Å². The van der Waals surface area contributed by atoms with Crippen LogP contribution in [0.25, 0.3) is 0 Å². The molecule has 0 saturated heterocycles. The number of rotatable bonds is 4. The molecule has 2 rings (SSSR count). The Kier molecular flexibility index (Phi) is 13.5. The third-order valence-corrected chi connectivity index (χ3v) is 6.50. The third-order valence-electron chi connectivity index (χ3n) is 6.50. The van der Waals surface area contributed by atoms with Gasteiger partial charge in [0.2, 0.25) is 11.8 Å². The minimum atomic E-state index is -0.668. The lowest BCUT2D eigenvalue weighted by Crippen LogP contribution is -2.39. The highest BCUT2D eigenvalue weighted by atomic mass is 16.5. The Bertz CT molecular complexity index is 953. The van der Waals surface area contributed by atoms with Crippen LogP contribution in [-0.4, -0.2) is 37.0 Å². The lowest BCUT2D eigenvalue weighted by molar-refractivity contribution is -0.152. The molecule has 0 unspecified atom stereocenters. The maximum Gasteiger partial charge on any atom is 0.328 e. The van der Waals surface area contributed by atoms with Gasteiger partial charge in [-0.25, -0.2) is 4.79 Å². The zero-order valence-corrected chi connectivity index (χ0v) is 22.9.